The summed E-state index contributed by atoms with van der Waals surface area (Å²) in [5.41, 5.74) is 4.34. The van der Waals surface area contributed by atoms with Gasteiger partial charge in [-0.2, -0.15) is 5.10 Å². The van der Waals surface area contributed by atoms with Crippen LogP contribution >= 0.6 is 0 Å². The van der Waals surface area contributed by atoms with E-state index in [2.05, 4.69) is 10.5 Å². The Balaban J connectivity index is 1.84. The average molecular weight is 376 g/mol. The predicted molar refractivity (Wildman–Crippen MR) is 112 cm³/mol. The third kappa shape index (κ3) is 4.88. The number of hydrazone groups is 1. The lowest BCUT2D eigenvalue weighted by Crippen LogP contribution is -2.19. The minimum absolute atomic E-state index is 0.171. The second kappa shape index (κ2) is 9.55. The van der Waals surface area contributed by atoms with E-state index in [0.29, 0.717) is 19.0 Å². The molecule has 3 aromatic rings. The van der Waals surface area contributed by atoms with Gasteiger partial charge in [0.2, 0.25) is 5.91 Å². The minimum Gasteiger partial charge on any atom is -0.494 e. The summed E-state index contributed by atoms with van der Waals surface area (Å²) in [5.74, 6) is 1.33. The van der Waals surface area contributed by atoms with Gasteiger partial charge in [-0.1, -0.05) is 42.5 Å². The van der Waals surface area contributed by atoms with Crippen molar-refractivity contribution in [2.24, 2.45) is 5.10 Å². The van der Waals surface area contributed by atoms with Crippen LogP contribution in [0.15, 0.2) is 65.8 Å². The quantitative estimate of drug-likeness (QED) is 0.470. The van der Waals surface area contributed by atoms with Crippen LogP contribution in [0, 0.1) is 0 Å². The van der Waals surface area contributed by atoms with E-state index in [1.807, 2.05) is 74.5 Å². The number of carbonyl (C=O) groups excluding carboxylic acids is 1. The highest BCUT2D eigenvalue weighted by Crippen LogP contribution is 2.30. The molecule has 0 radical (unpaired) electrons. The lowest BCUT2D eigenvalue weighted by Gasteiger charge is -2.12. The Morgan fingerprint density at radius 2 is 1.75 bits per heavy atom. The summed E-state index contributed by atoms with van der Waals surface area (Å²) in [7, 11) is 0. The molecule has 1 N–H and O–H groups in total. The van der Waals surface area contributed by atoms with E-state index in [9.17, 15) is 4.79 Å². The third-order valence-electron chi connectivity index (χ3n) is 4.20. The number of nitrogens with zero attached hydrogens (tertiary/aromatic N) is 1. The molecule has 0 unspecified atom stereocenters. The average Bonchev–Trinajstić information content (AvgIpc) is 2.70. The molecular formula is C23H24N2O3. The lowest BCUT2D eigenvalue weighted by atomic mass is 10.0. The van der Waals surface area contributed by atoms with Crippen molar-refractivity contribution in [3.8, 4) is 11.5 Å². The summed E-state index contributed by atoms with van der Waals surface area (Å²) < 4.78 is 11.4. The number of ether oxygens (including phenoxy) is 2. The molecule has 0 fully saturated rings. The van der Waals surface area contributed by atoms with Gasteiger partial charge in [0, 0.05) is 5.56 Å². The molecule has 28 heavy (non-hydrogen) atoms. The largest absolute Gasteiger partial charge is 0.494 e. The molecule has 5 heteroatoms. The third-order valence-corrected chi connectivity index (χ3v) is 4.20. The molecule has 0 heterocycles. The highest BCUT2D eigenvalue weighted by atomic mass is 16.5. The topological polar surface area (TPSA) is 59.9 Å². The second-order valence-corrected chi connectivity index (χ2v) is 6.18. The van der Waals surface area contributed by atoms with Crippen molar-refractivity contribution in [1.29, 1.82) is 0 Å². The number of nitrogens with one attached hydrogen (secondary N) is 1. The Morgan fingerprint density at radius 1 is 1.00 bits per heavy atom. The summed E-state index contributed by atoms with van der Waals surface area (Å²) in [6.07, 6.45) is 1.91. The Bertz CT molecular complexity index is 963. The summed E-state index contributed by atoms with van der Waals surface area (Å²) in [6.45, 7) is 5.02. The zero-order chi connectivity index (χ0) is 19.8. The van der Waals surface area contributed by atoms with Gasteiger partial charge in [-0.3, -0.25) is 4.79 Å². The van der Waals surface area contributed by atoms with Crippen molar-refractivity contribution < 1.29 is 14.3 Å². The maximum absolute atomic E-state index is 12.1. The number of hydrogen-bond acceptors (Lipinski definition) is 4. The van der Waals surface area contributed by atoms with Gasteiger partial charge in [0.25, 0.3) is 0 Å². The molecule has 0 aliphatic rings. The van der Waals surface area contributed by atoms with Crippen LogP contribution in [0.2, 0.25) is 0 Å². The van der Waals surface area contributed by atoms with E-state index >= 15 is 0 Å². The van der Waals surface area contributed by atoms with Gasteiger partial charge < -0.3 is 9.47 Å². The van der Waals surface area contributed by atoms with Gasteiger partial charge in [-0.05, 0) is 48.4 Å². The van der Waals surface area contributed by atoms with Crippen LogP contribution in [0.4, 0.5) is 0 Å². The van der Waals surface area contributed by atoms with E-state index in [1.54, 1.807) is 6.21 Å². The molecule has 3 rings (SSSR count). The Kier molecular flexibility index (Phi) is 6.63. The monoisotopic (exact) mass is 376 g/mol. The maximum atomic E-state index is 12.1. The van der Waals surface area contributed by atoms with Crippen LogP contribution in [0.5, 0.6) is 11.5 Å². The first kappa shape index (κ1) is 19.4. The lowest BCUT2D eigenvalue weighted by molar-refractivity contribution is -0.120. The molecule has 5 nitrogen and oxygen atoms in total. The maximum Gasteiger partial charge on any atom is 0.244 e. The van der Waals surface area contributed by atoms with Crippen molar-refractivity contribution in [3.63, 3.8) is 0 Å². The zero-order valence-corrected chi connectivity index (χ0v) is 16.1. The molecule has 0 aromatic heterocycles. The smallest absolute Gasteiger partial charge is 0.244 e. The van der Waals surface area contributed by atoms with Crippen LogP contribution in [0.3, 0.4) is 0 Å². The summed E-state index contributed by atoms with van der Waals surface area (Å²) >= 11 is 0. The van der Waals surface area contributed by atoms with Crippen molar-refractivity contribution in [2.75, 3.05) is 13.2 Å². The van der Waals surface area contributed by atoms with Crippen LogP contribution in [0.1, 0.15) is 25.0 Å². The number of benzene rings is 3. The van der Waals surface area contributed by atoms with Gasteiger partial charge in [-0.25, -0.2) is 5.43 Å². The molecule has 0 aliphatic carbocycles. The zero-order valence-electron chi connectivity index (χ0n) is 16.1. The van der Waals surface area contributed by atoms with Crippen molar-refractivity contribution in [1.82, 2.24) is 5.43 Å². The molecule has 0 bridgehead atoms. The number of fused-ring (bicyclic) bond motifs is 1. The van der Waals surface area contributed by atoms with Crippen LogP contribution in [-0.2, 0) is 11.2 Å². The standard InChI is InChI=1S/C23H24N2O3/c1-3-27-19-12-10-18-11-13-22(28-4-2)21(20(18)15-19)16-24-25-23(26)14-17-8-6-5-7-9-17/h5-13,15-16H,3-4,14H2,1-2H3,(H,25,26)/b24-16+. The number of hydrogen-bond donors (Lipinski definition) is 1. The van der Waals surface area contributed by atoms with E-state index in [-0.39, 0.29) is 12.3 Å². The normalized spacial score (nSPS) is 10.9. The highest BCUT2D eigenvalue weighted by molar-refractivity contribution is 6.03. The van der Waals surface area contributed by atoms with Crippen molar-refractivity contribution >= 4 is 22.9 Å². The Morgan fingerprint density at radius 3 is 2.50 bits per heavy atom. The second-order valence-electron chi connectivity index (χ2n) is 6.18. The molecule has 0 saturated heterocycles. The molecule has 144 valence electrons. The van der Waals surface area contributed by atoms with Crippen molar-refractivity contribution in [3.05, 3.63) is 71.8 Å². The fourth-order valence-corrected chi connectivity index (χ4v) is 2.96. The van der Waals surface area contributed by atoms with E-state index < -0.39 is 0 Å². The number of carbonyl (C=O) groups is 1. The summed E-state index contributed by atoms with van der Waals surface area (Å²) in [5, 5.41) is 6.16. The Labute approximate surface area is 165 Å². The molecule has 0 spiro atoms. The molecule has 3 aromatic carbocycles. The van der Waals surface area contributed by atoms with Crippen molar-refractivity contribution in [2.45, 2.75) is 20.3 Å². The van der Waals surface area contributed by atoms with Crippen LogP contribution in [-0.4, -0.2) is 25.3 Å². The highest BCUT2D eigenvalue weighted by Gasteiger charge is 2.09. The molecular weight excluding hydrogens is 352 g/mol. The fourth-order valence-electron chi connectivity index (χ4n) is 2.96. The summed E-state index contributed by atoms with van der Waals surface area (Å²) in [4.78, 5) is 12.1. The first-order valence-electron chi connectivity index (χ1n) is 9.39. The summed E-state index contributed by atoms with van der Waals surface area (Å²) in [6, 6.07) is 19.4. The van der Waals surface area contributed by atoms with E-state index in [0.717, 1.165) is 27.6 Å². The molecule has 1 amide bonds. The van der Waals surface area contributed by atoms with E-state index in [4.69, 9.17) is 9.47 Å². The first-order chi connectivity index (χ1) is 13.7. The Hall–Kier alpha value is -3.34. The molecule has 0 atom stereocenters. The van der Waals surface area contributed by atoms with Gasteiger partial charge in [0.15, 0.2) is 0 Å². The number of rotatable bonds is 8. The predicted octanol–water partition coefficient (Wildman–Crippen LogP) is 4.33. The minimum atomic E-state index is -0.171. The molecule has 0 saturated carbocycles. The number of amides is 1. The van der Waals surface area contributed by atoms with Crippen LogP contribution in [0.25, 0.3) is 10.8 Å². The van der Waals surface area contributed by atoms with Gasteiger partial charge >= 0.3 is 0 Å². The van der Waals surface area contributed by atoms with Gasteiger partial charge in [0.1, 0.15) is 11.5 Å². The van der Waals surface area contributed by atoms with Crippen LogP contribution < -0.4 is 14.9 Å². The molecule has 0 aliphatic heterocycles. The van der Waals surface area contributed by atoms with Gasteiger partial charge in [0.05, 0.1) is 25.8 Å². The van der Waals surface area contributed by atoms with E-state index in [1.165, 1.54) is 0 Å². The first-order valence-corrected chi connectivity index (χ1v) is 9.39. The fraction of sp³-hybridized carbons (Fsp3) is 0.217. The SMILES string of the molecule is CCOc1ccc2ccc(OCC)c(/C=N/NC(=O)Cc3ccccc3)c2c1. The van der Waals surface area contributed by atoms with Gasteiger partial charge in [-0.15, -0.1) is 0 Å².